The summed E-state index contributed by atoms with van der Waals surface area (Å²) < 4.78 is 15.3. The SMILES string of the molecule is COc1cccc(C(=O)OCC(=O)NC(=O)N[C@H]2CCCC[C@H]2C)c1OC. The molecule has 27 heavy (non-hydrogen) atoms. The highest BCUT2D eigenvalue weighted by Gasteiger charge is 2.24. The summed E-state index contributed by atoms with van der Waals surface area (Å²) in [5.74, 6) is -0.488. The molecule has 0 heterocycles. The average molecular weight is 378 g/mol. The number of benzene rings is 1. The fourth-order valence-electron chi connectivity index (χ4n) is 3.15. The van der Waals surface area contributed by atoms with Crippen molar-refractivity contribution in [3.8, 4) is 11.5 Å². The van der Waals surface area contributed by atoms with Crippen LogP contribution in [-0.2, 0) is 9.53 Å². The molecule has 0 unspecified atom stereocenters. The molecule has 0 aliphatic heterocycles. The molecule has 148 valence electrons. The second-order valence-corrected chi connectivity index (χ2v) is 6.51. The molecule has 1 aliphatic rings. The van der Waals surface area contributed by atoms with E-state index in [0.717, 1.165) is 25.7 Å². The first-order chi connectivity index (χ1) is 13.0. The van der Waals surface area contributed by atoms with Gasteiger partial charge in [-0.1, -0.05) is 25.8 Å². The lowest BCUT2D eigenvalue weighted by molar-refractivity contribution is -0.123. The van der Waals surface area contributed by atoms with Gasteiger partial charge in [0.2, 0.25) is 0 Å². The quantitative estimate of drug-likeness (QED) is 0.736. The zero-order chi connectivity index (χ0) is 19.8. The molecule has 1 aliphatic carbocycles. The summed E-state index contributed by atoms with van der Waals surface area (Å²) in [6.07, 6.45) is 4.17. The summed E-state index contributed by atoms with van der Waals surface area (Å²) in [6, 6.07) is 4.22. The van der Waals surface area contributed by atoms with Crippen molar-refractivity contribution in [2.45, 2.75) is 38.6 Å². The Balaban J connectivity index is 1.84. The molecule has 0 radical (unpaired) electrons. The number of rotatable bonds is 6. The summed E-state index contributed by atoms with van der Waals surface area (Å²) >= 11 is 0. The van der Waals surface area contributed by atoms with Gasteiger partial charge in [-0.3, -0.25) is 10.1 Å². The molecule has 2 rings (SSSR count). The molecule has 2 atom stereocenters. The summed E-state index contributed by atoms with van der Waals surface area (Å²) in [6.45, 7) is 1.50. The van der Waals surface area contributed by atoms with Crippen molar-refractivity contribution >= 4 is 17.9 Å². The highest BCUT2D eigenvalue weighted by molar-refractivity contribution is 5.98. The molecule has 0 aromatic heterocycles. The highest BCUT2D eigenvalue weighted by atomic mass is 16.5. The van der Waals surface area contributed by atoms with E-state index in [1.54, 1.807) is 12.1 Å². The van der Waals surface area contributed by atoms with Crippen molar-refractivity contribution in [3.05, 3.63) is 23.8 Å². The van der Waals surface area contributed by atoms with Gasteiger partial charge in [-0.05, 0) is 30.9 Å². The molecule has 8 nitrogen and oxygen atoms in total. The fraction of sp³-hybridized carbons (Fsp3) is 0.526. The maximum Gasteiger partial charge on any atom is 0.342 e. The molecular weight excluding hydrogens is 352 g/mol. The van der Waals surface area contributed by atoms with Crippen molar-refractivity contribution in [2.24, 2.45) is 5.92 Å². The number of imide groups is 1. The molecule has 1 aromatic carbocycles. The van der Waals surface area contributed by atoms with E-state index in [0.29, 0.717) is 11.7 Å². The molecule has 0 spiro atoms. The molecule has 1 saturated carbocycles. The van der Waals surface area contributed by atoms with E-state index < -0.39 is 24.5 Å². The van der Waals surface area contributed by atoms with Crippen LogP contribution in [0.5, 0.6) is 11.5 Å². The van der Waals surface area contributed by atoms with Gasteiger partial charge in [0.05, 0.1) is 14.2 Å². The van der Waals surface area contributed by atoms with Gasteiger partial charge < -0.3 is 19.5 Å². The third kappa shape index (κ3) is 5.60. The first kappa shape index (κ1) is 20.5. The minimum absolute atomic E-state index is 0.0511. The Morgan fingerprint density at radius 3 is 2.52 bits per heavy atom. The van der Waals surface area contributed by atoms with Crippen molar-refractivity contribution in [2.75, 3.05) is 20.8 Å². The number of hydrogen-bond donors (Lipinski definition) is 2. The van der Waals surface area contributed by atoms with Crippen LogP contribution in [0.15, 0.2) is 18.2 Å². The minimum Gasteiger partial charge on any atom is -0.493 e. The Morgan fingerprint density at radius 2 is 1.85 bits per heavy atom. The van der Waals surface area contributed by atoms with Gasteiger partial charge in [-0.2, -0.15) is 0 Å². The van der Waals surface area contributed by atoms with Crippen LogP contribution in [0, 0.1) is 5.92 Å². The van der Waals surface area contributed by atoms with E-state index in [1.165, 1.54) is 20.3 Å². The minimum atomic E-state index is -0.748. The van der Waals surface area contributed by atoms with Crippen LogP contribution in [0.3, 0.4) is 0 Å². The van der Waals surface area contributed by atoms with Gasteiger partial charge in [0.1, 0.15) is 5.56 Å². The molecule has 0 saturated heterocycles. The number of amides is 3. The molecule has 1 aromatic rings. The summed E-state index contributed by atoms with van der Waals surface area (Å²) in [5, 5.41) is 4.99. The number of ether oxygens (including phenoxy) is 3. The number of methoxy groups -OCH3 is 2. The molecule has 0 bridgehead atoms. The van der Waals surface area contributed by atoms with Gasteiger partial charge in [0.15, 0.2) is 18.1 Å². The lowest BCUT2D eigenvalue weighted by Crippen LogP contribution is -2.48. The number of carbonyl (C=O) groups is 3. The Hall–Kier alpha value is -2.77. The second kappa shape index (κ2) is 9.80. The zero-order valence-corrected chi connectivity index (χ0v) is 15.9. The van der Waals surface area contributed by atoms with Gasteiger partial charge in [-0.15, -0.1) is 0 Å². The van der Waals surface area contributed by atoms with E-state index in [4.69, 9.17) is 14.2 Å². The predicted octanol–water partition coefficient (Wildman–Crippen LogP) is 2.27. The predicted molar refractivity (Wildman–Crippen MR) is 97.9 cm³/mol. The van der Waals surface area contributed by atoms with Crippen molar-refractivity contribution in [3.63, 3.8) is 0 Å². The average Bonchev–Trinajstić information content (AvgIpc) is 2.67. The first-order valence-electron chi connectivity index (χ1n) is 8.94. The van der Waals surface area contributed by atoms with Crippen molar-refractivity contribution < 1.29 is 28.6 Å². The lowest BCUT2D eigenvalue weighted by Gasteiger charge is -2.29. The van der Waals surface area contributed by atoms with Crippen molar-refractivity contribution in [1.29, 1.82) is 0 Å². The van der Waals surface area contributed by atoms with E-state index in [1.807, 2.05) is 0 Å². The zero-order valence-electron chi connectivity index (χ0n) is 15.9. The monoisotopic (exact) mass is 378 g/mol. The number of urea groups is 1. The maximum absolute atomic E-state index is 12.2. The van der Waals surface area contributed by atoms with Crippen LogP contribution in [-0.4, -0.2) is 44.8 Å². The van der Waals surface area contributed by atoms with Gasteiger partial charge >= 0.3 is 12.0 Å². The third-order valence-corrected chi connectivity index (χ3v) is 4.64. The number of hydrogen-bond acceptors (Lipinski definition) is 6. The first-order valence-corrected chi connectivity index (χ1v) is 8.94. The van der Waals surface area contributed by atoms with Crippen LogP contribution in [0.4, 0.5) is 4.79 Å². The Kier molecular flexibility index (Phi) is 7.45. The fourth-order valence-corrected chi connectivity index (χ4v) is 3.15. The van der Waals surface area contributed by atoms with E-state index >= 15 is 0 Å². The van der Waals surface area contributed by atoms with E-state index in [2.05, 4.69) is 17.6 Å². The van der Waals surface area contributed by atoms with Crippen LogP contribution in [0.2, 0.25) is 0 Å². The van der Waals surface area contributed by atoms with E-state index in [-0.39, 0.29) is 17.4 Å². The molecular formula is C19H26N2O6. The second-order valence-electron chi connectivity index (χ2n) is 6.51. The summed E-state index contributed by atoms with van der Waals surface area (Å²) in [5.41, 5.74) is 0.130. The standard InChI is InChI=1S/C19H26N2O6/c1-12-7-4-5-9-14(12)20-19(24)21-16(22)11-27-18(23)13-8-6-10-15(25-2)17(13)26-3/h6,8,10,12,14H,4-5,7,9,11H2,1-3H3,(H2,20,21,22,24)/t12-,14+/m1/s1. The lowest BCUT2D eigenvalue weighted by atomic mass is 9.86. The van der Waals surface area contributed by atoms with Gasteiger partial charge in [-0.25, -0.2) is 9.59 Å². The molecule has 3 amide bonds. The van der Waals surface area contributed by atoms with Gasteiger partial charge in [0, 0.05) is 6.04 Å². The topological polar surface area (TPSA) is 103 Å². The number of nitrogens with one attached hydrogen (secondary N) is 2. The Labute approximate surface area is 158 Å². The van der Waals surface area contributed by atoms with Crippen LogP contribution in [0.25, 0.3) is 0 Å². The largest absolute Gasteiger partial charge is 0.493 e. The molecule has 2 N–H and O–H groups in total. The normalized spacial score (nSPS) is 18.9. The third-order valence-electron chi connectivity index (χ3n) is 4.64. The van der Waals surface area contributed by atoms with Crippen LogP contribution >= 0.6 is 0 Å². The number of esters is 1. The smallest absolute Gasteiger partial charge is 0.342 e. The van der Waals surface area contributed by atoms with E-state index in [9.17, 15) is 14.4 Å². The van der Waals surface area contributed by atoms with Crippen LogP contribution in [0.1, 0.15) is 43.0 Å². The Bertz CT molecular complexity index is 691. The summed E-state index contributed by atoms with van der Waals surface area (Å²) in [4.78, 5) is 36.0. The number of carbonyl (C=O) groups excluding carboxylic acids is 3. The van der Waals surface area contributed by atoms with Crippen LogP contribution < -0.4 is 20.1 Å². The number of para-hydroxylation sites is 1. The van der Waals surface area contributed by atoms with Gasteiger partial charge in [0.25, 0.3) is 5.91 Å². The van der Waals surface area contributed by atoms with Crippen molar-refractivity contribution in [1.82, 2.24) is 10.6 Å². The molecule has 8 heteroatoms. The summed E-state index contributed by atoms with van der Waals surface area (Å²) in [7, 11) is 2.85. The highest BCUT2D eigenvalue weighted by Crippen LogP contribution is 2.31. The Morgan fingerprint density at radius 1 is 1.11 bits per heavy atom. The maximum atomic E-state index is 12.2. The molecule has 1 fully saturated rings.